The lowest BCUT2D eigenvalue weighted by molar-refractivity contribution is -0.403. The van der Waals surface area contributed by atoms with Crippen LogP contribution in [0.25, 0.3) is 0 Å². The lowest BCUT2D eigenvalue weighted by atomic mass is 9.74. The van der Waals surface area contributed by atoms with E-state index < -0.39 is 11.2 Å². The summed E-state index contributed by atoms with van der Waals surface area (Å²) < 4.78 is 17.3. The normalized spacial score (nSPS) is 23.1. The summed E-state index contributed by atoms with van der Waals surface area (Å²) in [5.74, 6) is 0.0136. The summed E-state index contributed by atoms with van der Waals surface area (Å²) in [4.78, 5) is 10.2. The van der Waals surface area contributed by atoms with Crippen LogP contribution in [-0.2, 0) is 9.47 Å². The summed E-state index contributed by atoms with van der Waals surface area (Å²) in [6.07, 6.45) is 0.925. The van der Waals surface area contributed by atoms with E-state index in [4.69, 9.17) is 13.9 Å². The van der Waals surface area contributed by atoms with Crippen LogP contribution in [-0.4, -0.2) is 11.5 Å². The fraction of sp³-hybridized carbons (Fsp3) is 0.444. The van der Waals surface area contributed by atoms with Crippen molar-refractivity contribution >= 4 is 5.88 Å². The summed E-state index contributed by atoms with van der Waals surface area (Å²) in [5.41, 5.74) is 0.951. The maximum absolute atomic E-state index is 10.8. The first-order chi connectivity index (χ1) is 11.6. The van der Waals surface area contributed by atoms with Gasteiger partial charge in [0.2, 0.25) is 6.29 Å². The first kappa shape index (κ1) is 16.7. The van der Waals surface area contributed by atoms with Gasteiger partial charge in [-0.2, -0.15) is 0 Å². The second-order valence-electron chi connectivity index (χ2n) is 6.07. The number of ether oxygens (including phenoxy) is 2. The third-order valence-corrected chi connectivity index (χ3v) is 4.87. The number of hydrogen-bond acceptors (Lipinski definition) is 5. The molecule has 2 heterocycles. The summed E-state index contributed by atoms with van der Waals surface area (Å²) >= 11 is 0. The monoisotopic (exact) mass is 331 g/mol. The van der Waals surface area contributed by atoms with E-state index >= 15 is 0 Å². The fourth-order valence-electron chi connectivity index (χ4n) is 3.23. The van der Waals surface area contributed by atoms with E-state index in [1.54, 1.807) is 0 Å². The standard InChI is InChI=1S/C18H21NO5/c1-3-18(4-2)12-22-17(14-10-11-15(23-14)19(20)21)24-16(18)13-8-6-5-7-9-13/h5-11,16-17H,3-4,12H2,1-2H3. The zero-order valence-corrected chi connectivity index (χ0v) is 13.8. The van der Waals surface area contributed by atoms with Gasteiger partial charge in [-0.05, 0) is 24.5 Å². The Kier molecular flexibility index (Phi) is 4.69. The molecule has 0 aliphatic carbocycles. The second-order valence-corrected chi connectivity index (χ2v) is 6.07. The van der Waals surface area contributed by atoms with Crippen LogP contribution in [0.5, 0.6) is 0 Å². The van der Waals surface area contributed by atoms with Gasteiger partial charge < -0.3 is 13.9 Å². The van der Waals surface area contributed by atoms with Gasteiger partial charge in [0, 0.05) is 5.41 Å². The van der Waals surface area contributed by atoms with Gasteiger partial charge >= 0.3 is 5.88 Å². The average Bonchev–Trinajstić information content (AvgIpc) is 3.12. The average molecular weight is 331 g/mol. The quantitative estimate of drug-likeness (QED) is 0.582. The Labute approximate surface area is 140 Å². The molecule has 6 nitrogen and oxygen atoms in total. The van der Waals surface area contributed by atoms with Gasteiger partial charge in [0.25, 0.3) is 0 Å². The Balaban J connectivity index is 1.90. The Hall–Kier alpha value is -2.18. The van der Waals surface area contributed by atoms with Crippen molar-refractivity contribution in [2.75, 3.05) is 6.61 Å². The lowest BCUT2D eigenvalue weighted by Crippen LogP contribution is -2.40. The highest BCUT2D eigenvalue weighted by Crippen LogP contribution is 2.50. The molecule has 0 amide bonds. The number of nitro groups is 1. The summed E-state index contributed by atoms with van der Waals surface area (Å²) in [7, 11) is 0. The molecule has 128 valence electrons. The Morgan fingerprint density at radius 2 is 1.88 bits per heavy atom. The van der Waals surface area contributed by atoms with Gasteiger partial charge in [0.05, 0.1) is 18.8 Å². The smallest absolute Gasteiger partial charge is 0.400 e. The van der Waals surface area contributed by atoms with Crippen molar-refractivity contribution in [3.05, 3.63) is 63.9 Å². The zero-order chi connectivity index (χ0) is 17.2. The van der Waals surface area contributed by atoms with Crippen LogP contribution in [0.1, 0.15) is 50.4 Å². The molecule has 1 aromatic heterocycles. The van der Waals surface area contributed by atoms with Crippen LogP contribution in [0.3, 0.4) is 0 Å². The molecule has 2 atom stereocenters. The molecule has 0 radical (unpaired) electrons. The van der Waals surface area contributed by atoms with Crippen LogP contribution in [0, 0.1) is 15.5 Å². The van der Waals surface area contributed by atoms with Crippen LogP contribution in [0.2, 0.25) is 0 Å². The fourth-order valence-corrected chi connectivity index (χ4v) is 3.23. The number of furan rings is 1. The number of nitrogens with zero attached hydrogens (tertiary/aromatic N) is 1. The lowest BCUT2D eigenvalue weighted by Gasteiger charge is -2.45. The van der Waals surface area contributed by atoms with Gasteiger partial charge in [0.15, 0.2) is 5.76 Å². The third kappa shape index (κ3) is 2.95. The topological polar surface area (TPSA) is 74.7 Å². The highest BCUT2D eigenvalue weighted by molar-refractivity contribution is 5.22. The van der Waals surface area contributed by atoms with Gasteiger partial charge in [0.1, 0.15) is 4.92 Å². The van der Waals surface area contributed by atoms with E-state index in [9.17, 15) is 10.1 Å². The third-order valence-electron chi connectivity index (χ3n) is 4.87. The van der Waals surface area contributed by atoms with Crippen molar-refractivity contribution in [2.45, 2.75) is 39.1 Å². The Morgan fingerprint density at radius 1 is 1.17 bits per heavy atom. The second kappa shape index (κ2) is 6.75. The Morgan fingerprint density at radius 3 is 2.46 bits per heavy atom. The van der Waals surface area contributed by atoms with E-state index in [-0.39, 0.29) is 17.4 Å². The molecule has 0 saturated carbocycles. The van der Waals surface area contributed by atoms with Crippen molar-refractivity contribution < 1.29 is 18.8 Å². The molecule has 2 unspecified atom stereocenters. The van der Waals surface area contributed by atoms with Crippen molar-refractivity contribution in [1.82, 2.24) is 0 Å². The summed E-state index contributed by atoms with van der Waals surface area (Å²) in [5, 5.41) is 10.8. The molecule has 0 bridgehead atoms. The minimum absolute atomic E-state index is 0.129. The molecule has 1 aliphatic rings. The molecule has 2 aromatic rings. The molecule has 0 spiro atoms. The molecule has 3 rings (SSSR count). The molecular formula is C18H21NO5. The molecule has 1 aliphatic heterocycles. The first-order valence-corrected chi connectivity index (χ1v) is 8.16. The minimum Gasteiger partial charge on any atom is -0.400 e. The van der Waals surface area contributed by atoms with Gasteiger partial charge in [-0.25, -0.2) is 0 Å². The van der Waals surface area contributed by atoms with E-state index in [0.29, 0.717) is 12.4 Å². The molecule has 1 fully saturated rings. The van der Waals surface area contributed by atoms with E-state index in [1.165, 1.54) is 12.1 Å². The molecule has 1 aromatic carbocycles. The SMILES string of the molecule is CCC1(CC)COC(c2ccc([N+](=O)[O-])o2)OC1c1ccccc1. The van der Waals surface area contributed by atoms with Crippen LogP contribution >= 0.6 is 0 Å². The van der Waals surface area contributed by atoms with Crippen LogP contribution < -0.4 is 0 Å². The Bertz CT molecular complexity index is 692. The van der Waals surface area contributed by atoms with Crippen molar-refractivity contribution in [3.63, 3.8) is 0 Å². The number of rotatable bonds is 5. The summed E-state index contributed by atoms with van der Waals surface area (Å²) in [6.45, 7) is 4.77. The number of hydrogen-bond donors (Lipinski definition) is 0. The van der Waals surface area contributed by atoms with Crippen molar-refractivity contribution in [2.24, 2.45) is 5.41 Å². The van der Waals surface area contributed by atoms with Gasteiger partial charge in [-0.1, -0.05) is 44.2 Å². The minimum atomic E-state index is -0.741. The van der Waals surface area contributed by atoms with Crippen LogP contribution in [0.4, 0.5) is 5.88 Å². The van der Waals surface area contributed by atoms with E-state index in [0.717, 1.165) is 18.4 Å². The molecule has 1 saturated heterocycles. The predicted molar refractivity (Wildman–Crippen MR) is 87.3 cm³/mol. The van der Waals surface area contributed by atoms with Crippen molar-refractivity contribution in [3.8, 4) is 0 Å². The van der Waals surface area contributed by atoms with E-state index in [2.05, 4.69) is 13.8 Å². The molecule has 0 N–H and O–H groups in total. The molecular weight excluding hydrogens is 310 g/mol. The first-order valence-electron chi connectivity index (χ1n) is 8.16. The maximum Gasteiger partial charge on any atom is 0.433 e. The zero-order valence-electron chi connectivity index (χ0n) is 13.8. The largest absolute Gasteiger partial charge is 0.433 e. The highest BCUT2D eigenvalue weighted by Gasteiger charge is 2.45. The summed E-state index contributed by atoms with van der Waals surface area (Å²) in [6, 6.07) is 12.9. The predicted octanol–water partition coefficient (Wildman–Crippen LogP) is 4.78. The number of benzene rings is 1. The van der Waals surface area contributed by atoms with Crippen LogP contribution in [0.15, 0.2) is 46.9 Å². The molecule has 6 heteroatoms. The highest BCUT2D eigenvalue weighted by atomic mass is 16.7. The van der Waals surface area contributed by atoms with Gasteiger partial charge in [-0.3, -0.25) is 10.1 Å². The maximum atomic E-state index is 10.8. The van der Waals surface area contributed by atoms with Gasteiger partial charge in [-0.15, -0.1) is 0 Å². The molecule has 24 heavy (non-hydrogen) atoms. The van der Waals surface area contributed by atoms with Crippen molar-refractivity contribution in [1.29, 1.82) is 0 Å². The van der Waals surface area contributed by atoms with E-state index in [1.807, 2.05) is 30.3 Å².